The largest absolute Gasteiger partial charge is 0.368 e. The van der Waals surface area contributed by atoms with Crippen LogP contribution in [0, 0.1) is 5.41 Å². The zero-order chi connectivity index (χ0) is 19.0. The number of aromatic nitrogens is 2. The third-order valence-corrected chi connectivity index (χ3v) is 6.13. The van der Waals surface area contributed by atoms with Crippen molar-refractivity contribution < 1.29 is 0 Å². The predicted octanol–water partition coefficient (Wildman–Crippen LogP) is 5.25. The zero-order valence-corrected chi connectivity index (χ0v) is 16.7. The van der Waals surface area contributed by atoms with E-state index in [0.29, 0.717) is 11.4 Å². The first-order valence-electron chi connectivity index (χ1n) is 10.6. The smallest absolute Gasteiger partial charge is 0.221 e. The van der Waals surface area contributed by atoms with Gasteiger partial charge < -0.3 is 10.6 Å². The summed E-state index contributed by atoms with van der Waals surface area (Å²) in [7, 11) is 0. The van der Waals surface area contributed by atoms with E-state index in [4.69, 9.17) is 5.73 Å². The molecule has 3 rings (SSSR count). The first-order chi connectivity index (χ1) is 13.2. The van der Waals surface area contributed by atoms with Crippen molar-refractivity contribution >= 4 is 11.8 Å². The Labute approximate surface area is 164 Å². The molecule has 0 saturated carbocycles. The lowest BCUT2D eigenvalue weighted by Crippen LogP contribution is -2.40. The van der Waals surface area contributed by atoms with Crippen molar-refractivity contribution in [1.82, 2.24) is 9.97 Å². The average molecular weight is 367 g/mol. The van der Waals surface area contributed by atoms with Gasteiger partial charge in [0.1, 0.15) is 5.82 Å². The Bertz CT molecular complexity index is 678. The minimum Gasteiger partial charge on any atom is -0.368 e. The van der Waals surface area contributed by atoms with Gasteiger partial charge in [0, 0.05) is 19.3 Å². The molecule has 4 heteroatoms. The molecule has 27 heavy (non-hydrogen) atoms. The Balaban J connectivity index is 1.58. The molecule has 146 valence electrons. The Kier molecular flexibility index (Phi) is 7.08. The first kappa shape index (κ1) is 19.7. The van der Waals surface area contributed by atoms with Gasteiger partial charge in [-0.05, 0) is 55.6 Å². The monoisotopic (exact) mass is 366 g/mol. The number of hydrogen-bond donors (Lipinski definition) is 1. The second-order valence-corrected chi connectivity index (χ2v) is 8.06. The van der Waals surface area contributed by atoms with Crippen LogP contribution in [0.2, 0.25) is 0 Å². The highest BCUT2D eigenvalue weighted by Gasteiger charge is 2.34. The van der Waals surface area contributed by atoms with Gasteiger partial charge in [-0.3, -0.25) is 0 Å². The van der Waals surface area contributed by atoms with E-state index >= 15 is 0 Å². The van der Waals surface area contributed by atoms with Crippen LogP contribution in [0.1, 0.15) is 63.9 Å². The van der Waals surface area contributed by atoms with Crippen LogP contribution in [-0.2, 0) is 6.42 Å². The number of piperidine rings is 1. The third kappa shape index (κ3) is 5.69. The molecule has 2 heterocycles. The van der Waals surface area contributed by atoms with Gasteiger partial charge in [-0.25, -0.2) is 4.98 Å². The molecule has 1 aromatic heterocycles. The number of aryl methyl sites for hydroxylation is 1. The maximum Gasteiger partial charge on any atom is 0.221 e. The van der Waals surface area contributed by atoms with Crippen molar-refractivity contribution in [2.24, 2.45) is 5.41 Å². The van der Waals surface area contributed by atoms with Crippen molar-refractivity contribution in [2.45, 2.75) is 64.7 Å². The van der Waals surface area contributed by atoms with Crippen LogP contribution in [0.25, 0.3) is 0 Å². The number of rotatable bonds is 9. The van der Waals surface area contributed by atoms with Gasteiger partial charge in [0.15, 0.2) is 0 Å². The minimum absolute atomic E-state index is 0.371. The summed E-state index contributed by atoms with van der Waals surface area (Å²) in [6.07, 6.45) is 13.5. The van der Waals surface area contributed by atoms with Crippen molar-refractivity contribution in [1.29, 1.82) is 0 Å². The Morgan fingerprint density at radius 1 is 1.00 bits per heavy atom. The van der Waals surface area contributed by atoms with Crippen molar-refractivity contribution in [3.63, 3.8) is 0 Å². The molecular weight excluding hydrogens is 332 g/mol. The normalized spacial score (nSPS) is 16.4. The molecule has 0 atom stereocenters. The van der Waals surface area contributed by atoms with Crippen LogP contribution in [-0.4, -0.2) is 23.1 Å². The lowest BCUT2D eigenvalue weighted by atomic mass is 9.71. The molecule has 0 amide bonds. The molecular formula is C23H34N4. The summed E-state index contributed by atoms with van der Waals surface area (Å²) in [5.74, 6) is 1.35. The lowest BCUT2D eigenvalue weighted by Gasteiger charge is -2.43. The van der Waals surface area contributed by atoms with Crippen molar-refractivity contribution in [2.75, 3.05) is 23.7 Å². The maximum absolute atomic E-state index is 5.77. The van der Waals surface area contributed by atoms with Gasteiger partial charge in [0.25, 0.3) is 0 Å². The molecule has 1 aliphatic heterocycles. The van der Waals surface area contributed by atoms with E-state index in [0.717, 1.165) is 18.9 Å². The molecule has 0 aliphatic carbocycles. The quantitative estimate of drug-likeness (QED) is 0.616. The molecule has 1 aromatic carbocycles. The molecule has 1 aliphatic rings. The summed E-state index contributed by atoms with van der Waals surface area (Å²) in [5.41, 5.74) is 7.74. The molecule has 4 nitrogen and oxygen atoms in total. The maximum atomic E-state index is 5.77. The summed E-state index contributed by atoms with van der Waals surface area (Å²) in [5, 5.41) is 0. The Hall–Kier alpha value is -2.10. The van der Waals surface area contributed by atoms with E-state index in [9.17, 15) is 0 Å². The van der Waals surface area contributed by atoms with E-state index in [-0.39, 0.29) is 0 Å². The molecule has 2 aromatic rings. The molecule has 0 bridgehead atoms. The molecule has 0 radical (unpaired) electrons. The van der Waals surface area contributed by atoms with Gasteiger partial charge in [-0.2, -0.15) is 4.98 Å². The number of nitrogen functional groups attached to an aromatic ring is 1. The van der Waals surface area contributed by atoms with Crippen LogP contribution < -0.4 is 10.6 Å². The number of unbranched alkanes of at least 4 members (excludes halogenated alkanes) is 2. The lowest BCUT2D eigenvalue weighted by molar-refractivity contribution is 0.171. The molecule has 1 fully saturated rings. The van der Waals surface area contributed by atoms with Gasteiger partial charge in [-0.15, -0.1) is 0 Å². The van der Waals surface area contributed by atoms with E-state index < -0.39 is 0 Å². The zero-order valence-electron chi connectivity index (χ0n) is 16.7. The Morgan fingerprint density at radius 2 is 1.74 bits per heavy atom. The van der Waals surface area contributed by atoms with E-state index in [1.165, 1.54) is 63.4 Å². The fourth-order valence-corrected chi connectivity index (χ4v) is 4.44. The number of anilines is 2. The van der Waals surface area contributed by atoms with Crippen LogP contribution in [0.5, 0.6) is 0 Å². The van der Waals surface area contributed by atoms with E-state index in [1.54, 1.807) is 6.20 Å². The average Bonchev–Trinajstić information content (AvgIpc) is 2.70. The standard InChI is InChI=1S/C23H34N4/c1-2-3-7-13-23(14-8-11-20-9-5-4-6-10-20)15-18-27(19-16-23)21-12-17-25-22(24)26-21/h4-6,9-10,12,17H,2-3,7-8,11,13-16,18-19H2,1H3,(H2,24,25,26). The van der Waals surface area contributed by atoms with Crippen LogP contribution in [0.4, 0.5) is 11.8 Å². The fraction of sp³-hybridized carbons (Fsp3) is 0.565. The summed E-state index contributed by atoms with van der Waals surface area (Å²) in [6, 6.07) is 12.9. The summed E-state index contributed by atoms with van der Waals surface area (Å²) < 4.78 is 0. The number of nitrogens with two attached hydrogens (primary N) is 1. The highest BCUT2D eigenvalue weighted by atomic mass is 15.2. The number of benzene rings is 1. The molecule has 2 N–H and O–H groups in total. The number of hydrogen-bond acceptors (Lipinski definition) is 4. The third-order valence-electron chi connectivity index (χ3n) is 6.13. The van der Waals surface area contributed by atoms with Gasteiger partial charge in [0.2, 0.25) is 5.95 Å². The molecule has 1 saturated heterocycles. The second-order valence-electron chi connectivity index (χ2n) is 8.06. The summed E-state index contributed by atoms with van der Waals surface area (Å²) in [4.78, 5) is 10.8. The SMILES string of the molecule is CCCCCC1(CCCc2ccccc2)CCN(c2ccnc(N)n2)CC1. The van der Waals surface area contributed by atoms with E-state index in [1.807, 2.05) is 6.07 Å². The fourth-order valence-electron chi connectivity index (χ4n) is 4.44. The summed E-state index contributed by atoms with van der Waals surface area (Å²) >= 11 is 0. The predicted molar refractivity (Wildman–Crippen MR) is 114 cm³/mol. The van der Waals surface area contributed by atoms with Crippen LogP contribution >= 0.6 is 0 Å². The van der Waals surface area contributed by atoms with E-state index in [2.05, 4.69) is 52.1 Å². The van der Waals surface area contributed by atoms with Crippen LogP contribution in [0.3, 0.4) is 0 Å². The van der Waals surface area contributed by atoms with Gasteiger partial charge in [0.05, 0.1) is 0 Å². The number of nitrogens with zero attached hydrogens (tertiary/aromatic N) is 3. The van der Waals surface area contributed by atoms with Gasteiger partial charge >= 0.3 is 0 Å². The van der Waals surface area contributed by atoms with Crippen molar-refractivity contribution in [3.05, 3.63) is 48.2 Å². The molecule has 0 unspecified atom stereocenters. The molecule has 0 spiro atoms. The minimum atomic E-state index is 0.371. The highest BCUT2D eigenvalue weighted by molar-refractivity contribution is 5.41. The first-order valence-corrected chi connectivity index (χ1v) is 10.6. The second kappa shape index (κ2) is 9.72. The topological polar surface area (TPSA) is 55.0 Å². The summed E-state index contributed by atoms with van der Waals surface area (Å²) in [6.45, 7) is 4.45. The Morgan fingerprint density at radius 3 is 2.44 bits per heavy atom. The van der Waals surface area contributed by atoms with Gasteiger partial charge in [-0.1, -0.05) is 56.5 Å². The highest BCUT2D eigenvalue weighted by Crippen LogP contribution is 2.42. The van der Waals surface area contributed by atoms with Crippen molar-refractivity contribution in [3.8, 4) is 0 Å². The van der Waals surface area contributed by atoms with Crippen LogP contribution in [0.15, 0.2) is 42.6 Å².